The van der Waals surface area contributed by atoms with Gasteiger partial charge in [-0.15, -0.1) is 0 Å². The number of non-ortho nitro benzene ring substituents is 1. The van der Waals surface area contributed by atoms with Gasteiger partial charge in [0.15, 0.2) is 5.13 Å². The largest absolute Gasteiger partial charge is 0.494 e. The molecule has 1 fully saturated rings. The average molecular weight is 454 g/mol. The van der Waals surface area contributed by atoms with Crippen molar-refractivity contribution < 1.29 is 19.2 Å². The molecule has 0 aliphatic carbocycles. The van der Waals surface area contributed by atoms with Crippen molar-refractivity contribution in [3.63, 3.8) is 0 Å². The summed E-state index contributed by atoms with van der Waals surface area (Å²) in [6, 6.07) is 11.8. The first-order valence-corrected chi connectivity index (χ1v) is 11.2. The Balaban J connectivity index is 1.61. The molecule has 0 radical (unpaired) electrons. The third-order valence-electron chi connectivity index (χ3n) is 5.07. The van der Waals surface area contributed by atoms with Crippen LogP contribution in [0.15, 0.2) is 48.5 Å². The molecular formula is C23H23N3O5S. The van der Waals surface area contributed by atoms with Crippen molar-refractivity contribution in [1.82, 2.24) is 4.98 Å². The number of ether oxygens (including phenoxy) is 2. The van der Waals surface area contributed by atoms with Gasteiger partial charge in [0, 0.05) is 24.8 Å². The highest BCUT2D eigenvalue weighted by Gasteiger charge is 2.25. The lowest BCUT2D eigenvalue weighted by atomic mass is 10.2. The Morgan fingerprint density at radius 1 is 1.38 bits per heavy atom. The second kappa shape index (κ2) is 9.88. The molecule has 0 bridgehead atoms. The van der Waals surface area contributed by atoms with E-state index in [0.29, 0.717) is 30.5 Å². The number of rotatable bonds is 8. The van der Waals surface area contributed by atoms with Gasteiger partial charge in [0.05, 0.1) is 34.4 Å². The van der Waals surface area contributed by atoms with Gasteiger partial charge in [-0.1, -0.05) is 23.5 Å². The van der Waals surface area contributed by atoms with Crippen molar-refractivity contribution in [2.24, 2.45) is 0 Å². The van der Waals surface area contributed by atoms with E-state index in [9.17, 15) is 14.9 Å². The van der Waals surface area contributed by atoms with E-state index in [1.54, 1.807) is 23.1 Å². The number of nitrogens with zero attached hydrogens (tertiary/aromatic N) is 3. The number of aromatic nitrogens is 1. The zero-order chi connectivity index (χ0) is 22.5. The first-order valence-electron chi connectivity index (χ1n) is 10.4. The van der Waals surface area contributed by atoms with Crippen molar-refractivity contribution in [3.8, 4) is 5.75 Å². The monoisotopic (exact) mass is 453 g/mol. The third-order valence-corrected chi connectivity index (χ3v) is 6.11. The maximum atomic E-state index is 13.2. The quantitative estimate of drug-likeness (QED) is 0.275. The van der Waals surface area contributed by atoms with Gasteiger partial charge in [-0.05, 0) is 49.6 Å². The molecule has 8 nitrogen and oxygen atoms in total. The summed E-state index contributed by atoms with van der Waals surface area (Å²) in [5.41, 5.74) is 1.35. The minimum Gasteiger partial charge on any atom is -0.494 e. The molecule has 0 spiro atoms. The molecule has 2 heterocycles. The van der Waals surface area contributed by atoms with Crippen LogP contribution in [0.4, 0.5) is 10.8 Å². The van der Waals surface area contributed by atoms with Crippen LogP contribution in [0.5, 0.6) is 5.75 Å². The zero-order valence-electron chi connectivity index (χ0n) is 17.6. The summed E-state index contributed by atoms with van der Waals surface area (Å²) in [6.45, 7) is 3.59. The molecule has 32 heavy (non-hydrogen) atoms. The third kappa shape index (κ3) is 5.12. The molecule has 1 amide bonds. The van der Waals surface area contributed by atoms with E-state index in [1.165, 1.54) is 29.5 Å². The molecule has 1 aliphatic rings. The van der Waals surface area contributed by atoms with E-state index in [2.05, 4.69) is 4.98 Å². The van der Waals surface area contributed by atoms with Gasteiger partial charge in [0.1, 0.15) is 5.75 Å². The maximum Gasteiger partial charge on any atom is 0.270 e. The molecule has 4 rings (SSSR count). The summed E-state index contributed by atoms with van der Waals surface area (Å²) in [4.78, 5) is 30.0. The lowest BCUT2D eigenvalue weighted by molar-refractivity contribution is -0.384. The molecule has 0 N–H and O–H groups in total. The van der Waals surface area contributed by atoms with Crippen molar-refractivity contribution in [2.75, 3.05) is 24.7 Å². The Bertz CT molecular complexity index is 1150. The summed E-state index contributed by atoms with van der Waals surface area (Å²) in [6.07, 6.45) is 4.81. The smallest absolute Gasteiger partial charge is 0.270 e. The van der Waals surface area contributed by atoms with E-state index < -0.39 is 4.92 Å². The van der Waals surface area contributed by atoms with Gasteiger partial charge in [0.2, 0.25) is 0 Å². The van der Waals surface area contributed by atoms with Crippen molar-refractivity contribution in [1.29, 1.82) is 0 Å². The van der Waals surface area contributed by atoms with Gasteiger partial charge in [0.25, 0.3) is 11.6 Å². The van der Waals surface area contributed by atoms with E-state index in [1.807, 2.05) is 25.1 Å². The van der Waals surface area contributed by atoms with Crippen LogP contribution in [-0.4, -0.2) is 41.7 Å². The van der Waals surface area contributed by atoms with Crippen LogP contribution in [0.3, 0.4) is 0 Å². The molecule has 2 aromatic carbocycles. The standard InChI is InChI=1S/C23H23N3O5S/c1-2-30-18-9-10-20-21(14-18)32-23(24-20)25(15-19-7-4-12-31-19)22(27)11-8-16-5-3-6-17(13-16)26(28)29/h3,5-6,8-11,13-14,19H,2,4,7,12,15H2,1H3/b11-8+. The second-order valence-electron chi connectivity index (χ2n) is 7.33. The SMILES string of the molecule is CCOc1ccc2nc(N(CC3CCCO3)C(=O)/C=C/c3cccc([N+](=O)[O-])c3)sc2c1. The number of carbonyl (C=O) groups excluding carboxylic acids is 1. The minimum absolute atomic E-state index is 0.0212. The van der Waals surface area contributed by atoms with Crippen LogP contribution >= 0.6 is 11.3 Å². The summed E-state index contributed by atoms with van der Waals surface area (Å²) >= 11 is 1.42. The van der Waals surface area contributed by atoms with Gasteiger partial charge in [-0.25, -0.2) is 4.98 Å². The van der Waals surface area contributed by atoms with Gasteiger partial charge in [-0.2, -0.15) is 0 Å². The Morgan fingerprint density at radius 3 is 3.00 bits per heavy atom. The molecule has 0 saturated carbocycles. The maximum absolute atomic E-state index is 13.2. The first-order chi connectivity index (χ1) is 15.5. The number of thiazole rings is 1. The van der Waals surface area contributed by atoms with Crippen molar-refractivity contribution >= 4 is 44.4 Å². The number of anilines is 1. The van der Waals surface area contributed by atoms with Crippen LogP contribution in [0.2, 0.25) is 0 Å². The molecule has 1 saturated heterocycles. The number of nitro benzene ring substituents is 1. The summed E-state index contributed by atoms with van der Waals surface area (Å²) in [5, 5.41) is 11.6. The number of carbonyl (C=O) groups is 1. The highest BCUT2D eigenvalue weighted by atomic mass is 32.1. The summed E-state index contributed by atoms with van der Waals surface area (Å²) < 4.78 is 12.3. The van der Waals surface area contributed by atoms with E-state index >= 15 is 0 Å². The predicted molar refractivity (Wildman–Crippen MR) is 124 cm³/mol. The number of fused-ring (bicyclic) bond motifs is 1. The normalized spacial score (nSPS) is 16.0. The average Bonchev–Trinajstić information content (AvgIpc) is 3.45. The number of hydrogen-bond donors (Lipinski definition) is 0. The van der Waals surface area contributed by atoms with Gasteiger partial charge in [-0.3, -0.25) is 19.8 Å². The van der Waals surface area contributed by atoms with Gasteiger partial charge >= 0.3 is 0 Å². The Labute approximate surface area is 189 Å². The summed E-state index contributed by atoms with van der Waals surface area (Å²) in [7, 11) is 0. The number of hydrogen-bond acceptors (Lipinski definition) is 7. The van der Waals surface area contributed by atoms with E-state index in [4.69, 9.17) is 9.47 Å². The van der Waals surface area contributed by atoms with Crippen LogP contribution in [-0.2, 0) is 9.53 Å². The van der Waals surface area contributed by atoms with Crippen LogP contribution < -0.4 is 9.64 Å². The first kappa shape index (κ1) is 21.9. The van der Waals surface area contributed by atoms with Gasteiger partial charge < -0.3 is 9.47 Å². The highest BCUT2D eigenvalue weighted by molar-refractivity contribution is 7.22. The van der Waals surface area contributed by atoms with E-state index in [0.717, 1.165) is 28.8 Å². The fourth-order valence-electron chi connectivity index (χ4n) is 3.52. The molecular weight excluding hydrogens is 430 g/mol. The lowest BCUT2D eigenvalue weighted by Crippen LogP contribution is -2.36. The number of nitro groups is 1. The fraction of sp³-hybridized carbons (Fsp3) is 0.304. The topological polar surface area (TPSA) is 94.8 Å². The second-order valence-corrected chi connectivity index (χ2v) is 8.34. The summed E-state index contributed by atoms with van der Waals surface area (Å²) in [5.74, 6) is 0.508. The minimum atomic E-state index is -0.458. The Kier molecular flexibility index (Phi) is 6.77. The Morgan fingerprint density at radius 2 is 2.25 bits per heavy atom. The lowest BCUT2D eigenvalue weighted by Gasteiger charge is -2.21. The molecule has 1 aliphatic heterocycles. The zero-order valence-corrected chi connectivity index (χ0v) is 18.4. The van der Waals surface area contributed by atoms with Crippen molar-refractivity contribution in [3.05, 3.63) is 64.2 Å². The Hall–Kier alpha value is -3.30. The molecule has 166 valence electrons. The molecule has 1 atom stereocenters. The molecule has 3 aromatic rings. The number of benzene rings is 2. The van der Waals surface area contributed by atoms with Crippen LogP contribution in [0, 0.1) is 10.1 Å². The number of amides is 1. The van der Waals surface area contributed by atoms with Crippen LogP contribution in [0.1, 0.15) is 25.3 Å². The molecule has 1 aromatic heterocycles. The molecule has 1 unspecified atom stereocenters. The highest BCUT2D eigenvalue weighted by Crippen LogP contribution is 2.32. The van der Waals surface area contributed by atoms with Crippen molar-refractivity contribution in [2.45, 2.75) is 25.9 Å². The predicted octanol–water partition coefficient (Wildman–Crippen LogP) is 4.83. The van der Waals surface area contributed by atoms with Crippen LogP contribution in [0.25, 0.3) is 16.3 Å². The fourth-order valence-corrected chi connectivity index (χ4v) is 4.53. The molecule has 9 heteroatoms. The van der Waals surface area contributed by atoms with E-state index in [-0.39, 0.29) is 17.7 Å².